The van der Waals surface area contributed by atoms with Crippen LogP contribution >= 0.6 is 0 Å². The predicted octanol–water partition coefficient (Wildman–Crippen LogP) is 3.03. The van der Waals surface area contributed by atoms with Crippen molar-refractivity contribution in [3.8, 4) is 0 Å². The minimum atomic E-state index is -0.546. The fourth-order valence-corrected chi connectivity index (χ4v) is 1.33. The van der Waals surface area contributed by atoms with E-state index in [1.165, 1.54) is 5.56 Å². The Kier molecular flexibility index (Phi) is 3.70. The number of aryl methyl sites for hydroxylation is 1. The molecule has 1 aromatic carbocycles. The van der Waals surface area contributed by atoms with Crippen LogP contribution in [0.5, 0.6) is 0 Å². The number of hydrogen-bond donors (Lipinski definition) is 1. The average Bonchev–Trinajstić information content (AvgIpc) is 2.16. The van der Waals surface area contributed by atoms with Gasteiger partial charge in [0.05, 0.1) is 5.60 Å². The normalized spacial score (nSPS) is 15.5. The topological polar surface area (TPSA) is 20.2 Å². The third-order valence-corrected chi connectivity index (χ3v) is 3.01. The molecular weight excluding hydrogens is 172 g/mol. The lowest BCUT2D eigenvalue weighted by Gasteiger charge is -2.27. The fraction of sp³-hybridized carbons (Fsp3) is 0.538. The molecule has 1 N–H and O–H groups in total. The molecule has 1 unspecified atom stereocenters. The summed E-state index contributed by atoms with van der Waals surface area (Å²) in [6.45, 7) is 6.04. The molecule has 1 heteroatoms. The largest absolute Gasteiger partial charge is 0.390 e. The minimum Gasteiger partial charge on any atom is -0.390 e. The second-order valence-corrected chi connectivity index (χ2v) is 4.50. The zero-order chi connectivity index (χ0) is 10.6. The highest BCUT2D eigenvalue weighted by atomic mass is 16.3. The van der Waals surface area contributed by atoms with Crippen molar-refractivity contribution in [3.63, 3.8) is 0 Å². The summed E-state index contributed by atoms with van der Waals surface area (Å²) in [6, 6.07) is 10.3. The van der Waals surface area contributed by atoms with Crippen LogP contribution in [-0.2, 0) is 6.42 Å². The molecule has 1 rings (SSSR count). The quantitative estimate of drug-likeness (QED) is 0.777. The molecule has 1 nitrogen and oxygen atoms in total. The van der Waals surface area contributed by atoms with Crippen molar-refractivity contribution in [2.45, 2.75) is 39.2 Å². The van der Waals surface area contributed by atoms with Gasteiger partial charge in [-0.15, -0.1) is 0 Å². The van der Waals surface area contributed by atoms with Gasteiger partial charge in [0.25, 0.3) is 0 Å². The standard InChI is InChI=1S/C13H20O/c1-11(2)13(3,14)10-9-12-7-5-4-6-8-12/h4-8,11,14H,9-10H2,1-3H3. The maximum absolute atomic E-state index is 10.1. The molecule has 0 aliphatic heterocycles. The second kappa shape index (κ2) is 4.61. The molecule has 0 bridgehead atoms. The molecule has 0 spiro atoms. The van der Waals surface area contributed by atoms with Gasteiger partial charge >= 0.3 is 0 Å². The first-order chi connectivity index (χ1) is 6.52. The van der Waals surface area contributed by atoms with E-state index in [4.69, 9.17) is 0 Å². The van der Waals surface area contributed by atoms with Gasteiger partial charge in [-0.05, 0) is 31.2 Å². The Balaban J connectivity index is 2.49. The Morgan fingerprint density at radius 3 is 2.29 bits per heavy atom. The van der Waals surface area contributed by atoms with E-state index in [9.17, 15) is 5.11 Å². The molecule has 0 aliphatic carbocycles. The molecule has 0 saturated carbocycles. The molecule has 0 radical (unpaired) electrons. The van der Waals surface area contributed by atoms with Gasteiger partial charge in [-0.1, -0.05) is 44.2 Å². The van der Waals surface area contributed by atoms with E-state index >= 15 is 0 Å². The van der Waals surface area contributed by atoms with Crippen molar-refractivity contribution < 1.29 is 5.11 Å². The molecule has 0 aromatic heterocycles. The summed E-state index contributed by atoms with van der Waals surface area (Å²) in [6.07, 6.45) is 1.78. The smallest absolute Gasteiger partial charge is 0.0645 e. The Morgan fingerprint density at radius 1 is 1.21 bits per heavy atom. The van der Waals surface area contributed by atoms with Gasteiger partial charge in [-0.2, -0.15) is 0 Å². The number of rotatable bonds is 4. The van der Waals surface area contributed by atoms with E-state index in [0.29, 0.717) is 5.92 Å². The van der Waals surface area contributed by atoms with Crippen molar-refractivity contribution in [2.24, 2.45) is 5.92 Å². The molecule has 1 aromatic rings. The van der Waals surface area contributed by atoms with Crippen LogP contribution in [-0.4, -0.2) is 10.7 Å². The Labute approximate surface area is 86.8 Å². The zero-order valence-corrected chi connectivity index (χ0v) is 9.33. The van der Waals surface area contributed by atoms with Crippen molar-refractivity contribution in [3.05, 3.63) is 35.9 Å². The molecular formula is C13H20O. The van der Waals surface area contributed by atoms with Crippen LogP contribution in [0.1, 0.15) is 32.8 Å². The van der Waals surface area contributed by atoms with Gasteiger partial charge in [-0.3, -0.25) is 0 Å². The molecule has 14 heavy (non-hydrogen) atoms. The summed E-state index contributed by atoms with van der Waals surface area (Å²) in [5, 5.41) is 10.1. The summed E-state index contributed by atoms with van der Waals surface area (Å²) in [5.74, 6) is 0.311. The molecule has 1 atom stereocenters. The van der Waals surface area contributed by atoms with E-state index < -0.39 is 5.60 Å². The summed E-state index contributed by atoms with van der Waals surface area (Å²) in [4.78, 5) is 0. The lowest BCUT2D eigenvalue weighted by Crippen LogP contribution is -2.31. The van der Waals surface area contributed by atoms with E-state index in [0.717, 1.165) is 12.8 Å². The van der Waals surface area contributed by atoms with Gasteiger partial charge < -0.3 is 5.11 Å². The van der Waals surface area contributed by atoms with Crippen LogP contribution in [0.3, 0.4) is 0 Å². The SMILES string of the molecule is CC(C)C(C)(O)CCc1ccccc1. The first-order valence-corrected chi connectivity index (χ1v) is 5.28. The minimum absolute atomic E-state index is 0.311. The van der Waals surface area contributed by atoms with Gasteiger partial charge in [0, 0.05) is 0 Å². The fourth-order valence-electron chi connectivity index (χ4n) is 1.33. The van der Waals surface area contributed by atoms with Gasteiger partial charge in [0.15, 0.2) is 0 Å². The van der Waals surface area contributed by atoms with Gasteiger partial charge in [-0.25, -0.2) is 0 Å². The average molecular weight is 192 g/mol. The monoisotopic (exact) mass is 192 g/mol. The Bertz CT molecular complexity index is 262. The summed E-state index contributed by atoms with van der Waals surface area (Å²) >= 11 is 0. The Morgan fingerprint density at radius 2 is 1.79 bits per heavy atom. The molecule has 0 heterocycles. The van der Waals surface area contributed by atoms with E-state index in [-0.39, 0.29) is 0 Å². The second-order valence-electron chi connectivity index (χ2n) is 4.50. The van der Waals surface area contributed by atoms with Crippen LogP contribution in [0, 0.1) is 5.92 Å². The van der Waals surface area contributed by atoms with E-state index in [1.54, 1.807) is 0 Å². The van der Waals surface area contributed by atoms with Crippen molar-refractivity contribution in [1.29, 1.82) is 0 Å². The third kappa shape index (κ3) is 3.15. The maximum Gasteiger partial charge on any atom is 0.0645 e. The summed E-state index contributed by atoms with van der Waals surface area (Å²) < 4.78 is 0. The van der Waals surface area contributed by atoms with E-state index in [2.05, 4.69) is 26.0 Å². The van der Waals surface area contributed by atoms with Crippen LogP contribution in [0.4, 0.5) is 0 Å². The summed E-state index contributed by atoms with van der Waals surface area (Å²) in [5.41, 5.74) is 0.754. The van der Waals surface area contributed by atoms with Crippen LogP contribution in [0.15, 0.2) is 30.3 Å². The highest BCUT2D eigenvalue weighted by Gasteiger charge is 2.23. The third-order valence-electron chi connectivity index (χ3n) is 3.01. The van der Waals surface area contributed by atoms with Crippen molar-refractivity contribution in [2.75, 3.05) is 0 Å². The Hall–Kier alpha value is -0.820. The van der Waals surface area contributed by atoms with Crippen LogP contribution in [0.2, 0.25) is 0 Å². The van der Waals surface area contributed by atoms with Gasteiger partial charge in [0.1, 0.15) is 0 Å². The predicted molar refractivity (Wildman–Crippen MR) is 60.2 cm³/mol. The molecule has 0 aliphatic rings. The zero-order valence-electron chi connectivity index (χ0n) is 9.33. The maximum atomic E-state index is 10.1. The highest BCUT2D eigenvalue weighted by Crippen LogP contribution is 2.22. The summed E-state index contributed by atoms with van der Waals surface area (Å²) in [7, 11) is 0. The molecule has 78 valence electrons. The van der Waals surface area contributed by atoms with Crippen LogP contribution < -0.4 is 0 Å². The lowest BCUT2D eigenvalue weighted by atomic mass is 9.87. The number of hydrogen-bond acceptors (Lipinski definition) is 1. The van der Waals surface area contributed by atoms with Crippen LogP contribution in [0.25, 0.3) is 0 Å². The van der Waals surface area contributed by atoms with E-state index in [1.807, 2.05) is 25.1 Å². The first-order valence-electron chi connectivity index (χ1n) is 5.28. The molecule has 0 amide bonds. The highest BCUT2D eigenvalue weighted by molar-refractivity contribution is 5.15. The number of benzene rings is 1. The van der Waals surface area contributed by atoms with Crippen molar-refractivity contribution in [1.82, 2.24) is 0 Å². The number of aliphatic hydroxyl groups is 1. The molecule has 0 saturated heterocycles. The van der Waals surface area contributed by atoms with Gasteiger partial charge in [0.2, 0.25) is 0 Å². The first kappa shape index (κ1) is 11.3. The van der Waals surface area contributed by atoms with Crippen molar-refractivity contribution >= 4 is 0 Å². The lowest BCUT2D eigenvalue weighted by molar-refractivity contribution is 0.00569. The molecule has 0 fully saturated rings.